The molecule has 1 amide bonds. The summed E-state index contributed by atoms with van der Waals surface area (Å²) < 4.78 is 4.43. The van der Waals surface area contributed by atoms with E-state index in [1.54, 1.807) is 6.92 Å². The van der Waals surface area contributed by atoms with Gasteiger partial charge in [0.1, 0.15) is 5.69 Å². The van der Waals surface area contributed by atoms with Crippen LogP contribution in [-0.2, 0) is 0 Å². The Labute approximate surface area is 75.5 Å². The molecule has 0 aromatic carbocycles. The van der Waals surface area contributed by atoms with Crippen LogP contribution in [0.5, 0.6) is 0 Å². The van der Waals surface area contributed by atoms with Crippen molar-refractivity contribution in [1.82, 2.24) is 15.6 Å². The van der Waals surface area contributed by atoms with Crippen LogP contribution in [0.25, 0.3) is 0 Å². The Morgan fingerprint density at radius 1 is 1.62 bits per heavy atom. The average molecular weight is 181 g/mol. The van der Waals surface area contributed by atoms with Crippen molar-refractivity contribution < 1.29 is 9.42 Å². The third kappa shape index (κ3) is 1.85. The van der Waals surface area contributed by atoms with Gasteiger partial charge in [0.15, 0.2) is 5.69 Å². The van der Waals surface area contributed by atoms with Crippen LogP contribution < -0.4 is 5.32 Å². The molecule has 1 fully saturated rings. The van der Waals surface area contributed by atoms with Crippen molar-refractivity contribution in [3.05, 3.63) is 11.4 Å². The smallest absolute Gasteiger partial charge is 0.275 e. The summed E-state index contributed by atoms with van der Waals surface area (Å²) in [4.78, 5) is 11.4. The van der Waals surface area contributed by atoms with Crippen LogP contribution in [0.1, 0.15) is 29.0 Å². The zero-order valence-corrected chi connectivity index (χ0v) is 7.41. The lowest BCUT2D eigenvalue weighted by atomic mass is 10.3. The van der Waals surface area contributed by atoms with Gasteiger partial charge in [-0.15, -0.1) is 0 Å². The summed E-state index contributed by atoms with van der Waals surface area (Å²) in [5.74, 6) is 0.481. The molecule has 5 heteroatoms. The van der Waals surface area contributed by atoms with Crippen LogP contribution in [0.15, 0.2) is 4.63 Å². The first-order valence-corrected chi connectivity index (χ1v) is 4.34. The lowest BCUT2D eigenvalue weighted by Crippen LogP contribution is -2.26. The first kappa shape index (κ1) is 8.22. The lowest BCUT2D eigenvalue weighted by molar-refractivity contribution is 0.0941. The monoisotopic (exact) mass is 181 g/mol. The van der Waals surface area contributed by atoms with Gasteiger partial charge in [-0.05, 0) is 30.8 Å². The predicted molar refractivity (Wildman–Crippen MR) is 44.1 cm³/mol. The Morgan fingerprint density at radius 2 is 2.38 bits per heavy atom. The summed E-state index contributed by atoms with van der Waals surface area (Å²) in [6.07, 6.45) is 2.44. The number of hydrogen-bond acceptors (Lipinski definition) is 4. The number of carbonyl (C=O) groups excluding carboxylic acids is 1. The maximum absolute atomic E-state index is 11.4. The minimum absolute atomic E-state index is 0.189. The topological polar surface area (TPSA) is 68.0 Å². The molecule has 1 heterocycles. The highest BCUT2D eigenvalue weighted by Gasteiger charge is 2.23. The minimum atomic E-state index is -0.189. The molecule has 5 nitrogen and oxygen atoms in total. The zero-order chi connectivity index (χ0) is 9.26. The highest BCUT2D eigenvalue weighted by molar-refractivity contribution is 5.92. The van der Waals surface area contributed by atoms with Gasteiger partial charge in [0.05, 0.1) is 0 Å². The molecule has 0 spiro atoms. The SMILES string of the molecule is Cc1nonc1C(=O)NCC1CC1. The number of aromatic nitrogens is 2. The second-order valence-corrected chi connectivity index (χ2v) is 3.35. The van der Waals surface area contributed by atoms with E-state index >= 15 is 0 Å². The lowest BCUT2D eigenvalue weighted by Gasteiger charge is -1.99. The number of carbonyl (C=O) groups is 1. The number of nitrogens with zero attached hydrogens (tertiary/aromatic N) is 2. The van der Waals surface area contributed by atoms with Gasteiger partial charge in [0.2, 0.25) is 0 Å². The normalized spacial score (nSPS) is 15.8. The van der Waals surface area contributed by atoms with E-state index in [-0.39, 0.29) is 5.91 Å². The Balaban J connectivity index is 1.92. The standard InChI is InChI=1S/C8H11N3O2/c1-5-7(11-13-10-5)8(12)9-4-6-2-3-6/h6H,2-4H2,1H3,(H,9,12). The van der Waals surface area contributed by atoms with Gasteiger partial charge in [-0.3, -0.25) is 4.79 Å². The largest absolute Gasteiger partial charge is 0.350 e. The third-order valence-electron chi connectivity index (χ3n) is 2.12. The molecule has 1 saturated carbocycles. The predicted octanol–water partition coefficient (Wildman–Crippen LogP) is 0.518. The third-order valence-corrected chi connectivity index (χ3v) is 2.12. The first-order chi connectivity index (χ1) is 6.27. The molecular weight excluding hydrogens is 170 g/mol. The summed E-state index contributed by atoms with van der Waals surface area (Å²) >= 11 is 0. The average Bonchev–Trinajstić information content (AvgIpc) is 2.84. The Morgan fingerprint density at radius 3 is 2.92 bits per heavy atom. The van der Waals surface area contributed by atoms with Gasteiger partial charge in [0, 0.05) is 6.54 Å². The number of nitrogens with one attached hydrogen (secondary N) is 1. The van der Waals surface area contributed by atoms with Crippen molar-refractivity contribution in [2.75, 3.05) is 6.54 Å². The fourth-order valence-corrected chi connectivity index (χ4v) is 1.08. The van der Waals surface area contributed by atoms with E-state index in [2.05, 4.69) is 20.3 Å². The number of hydrogen-bond donors (Lipinski definition) is 1. The molecule has 1 aromatic heterocycles. The fourth-order valence-electron chi connectivity index (χ4n) is 1.08. The molecule has 1 aromatic rings. The van der Waals surface area contributed by atoms with Crippen LogP contribution in [0.2, 0.25) is 0 Å². The van der Waals surface area contributed by atoms with Crippen LogP contribution in [0.3, 0.4) is 0 Å². The van der Waals surface area contributed by atoms with Crippen molar-refractivity contribution in [2.24, 2.45) is 5.92 Å². The maximum Gasteiger partial charge on any atom is 0.275 e. The number of amides is 1. The molecule has 0 aliphatic heterocycles. The van der Waals surface area contributed by atoms with Crippen molar-refractivity contribution in [3.63, 3.8) is 0 Å². The van der Waals surface area contributed by atoms with Crippen LogP contribution in [-0.4, -0.2) is 22.8 Å². The summed E-state index contributed by atoms with van der Waals surface area (Å²) in [7, 11) is 0. The molecule has 2 rings (SSSR count). The van der Waals surface area contributed by atoms with Gasteiger partial charge in [-0.25, -0.2) is 4.63 Å². The van der Waals surface area contributed by atoms with Crippen molar-refractivity contribution in [1.29, 1.82) is 0 Å². The van der Waals surface area contributed by atoms with E-state index in [9.17, 15) is 4.79 Å². The van der Waals surface area contributed by atoms with Crippen molar-refractivity contribution in [3.8, 4) is 0 Å². The summed E-state index contributed by atoms with van der Waals surface area (Å²) in [5, 5.41) is 9.84. The molecule has 70 valence electrons. The second-order valence-electron chi connectivity index (χ2n) is 3.35. The Bertz CT molecular complexity index is 317. The Hall–Kier alpha value is -1.39. The molecule has 0 radical (unpaired) electrons. The van der Waals surface area contributed by atoms with Crippen molar-refractivity contribution in [2.45, 2.75) is 19.8 Å². The summed E-state index contributed by atoms with van der Waals surface area (Å²) in [5.41, 5.74) is 0.828. The van der Waals surface area contributed by atoms with E-state index < -0.39 is 0 Å². The van der Waals surface area contributed by atoms with Crippen LogP contribution in [0, 0.1) is 12.8 Å². The van der Waals surface area contributed by atoms with Gasteiger partial charge >= 0.3 is 0 Å². The van der Waals surface area contributed by atoms with E-state index in [4.69, 9.17) is 0 Å². The molecule has 0 bridgehead atoms. The molecule has 1 aliphatic rings. The van der Waals surface area contributed by atoms with Crippen LogP contribution in [0.4, 0.5) is 0 Å². The number of aryl methyl sites for hydroxylation is 1. The zero-order valence-electron chi connectivity index (χ0n) is 7.41. The van der Waals surface area contributed by atoms with E-state index in [0.29, 0.717) is 17.3 Å². The second kappa shape index (κ2) is 3.16. The molecule has 0 saturated heterocycles. The summed E-state index contributed by atoms with van der Waals surface area (Å²) in [6.45, 7) is 2.44. The van der Waals surface area contributed by atoms with E-state index in [0.717, 1.165) is 6.54 Å². The van der Waals surface area contributed by atoms with Gasteiger partial charge in [-0.2, -0.15) is 0 Å². The quantitative estimate of drug-likeness (QED) is 0.738. The minimum Gasteiger partial charge on any atom is -0.350 e. The van der Waals surface area contributed by atoms with Crippen molar-refractivity contribution >= 4 is 5.91 Å². The van der Waals surface area contributed by atoms with E-state index in [1.165, 1.54) is 12.8 Å². The highest BCUT2D eigenvalue weighted by Crippen LogP contribution is 2.27. The molecular formula is C8H11N3O2. The van der Waals surface area contributed by atoms with Gasteiger partial charge in [0.25, 0.3) is 5.91 Å². The fraction of sp³-hybridized carbons (Fsp3) is 0.625. The van der Waals surface area contributed by atoms with E-state index in [1.807, 2.05) is 0 Å². The van der Waals surface area contributed by atoms with Crippen LogP contribution >= 0.6 is 0 Å². The van der Waals surface area contributed by atoms with Gasteiger partial charge in [-0.1, -0.05) is 5.16 Å². The molecule has 0 unspecified atom stereocenters. The maximum atomic E-state index is 11.4. The number of rotatable bonds is 3. The molecule has 1 aliphatic carbocycles. The molecule has 0 atom stereocenters. The summed E-state index contributed by atoms with van der Waals surface area (Å²) in [6, 6.07) is 0. The highest BCUT2D eigenvalue weighted by atomic mass is 16.6. The Kier molecular flexibility index (Phi) is 2.00. The first-order valence-electron chi connectivity index (χ1n) is 4.34. The molecule has 13 heavy (non-hydrogen) atoms. The van der Waals surface area contributed by atoms with Gasteiger partial charge < -0.3 is 5.32 Å². The molecule has 1 N–H and O–H groups in total.